The van der Waals surface area contributed by atoms with Gasteiger partial charge in [0.1, 0.15) is 11.6 Å². The number of benzene rings is 2. The lowest BCUT2D eigenvalue weighted by Crippen LogP contribution is -2.27. The molecule has 0 radical (unpaired) electrons. The van der Waals surface area contributed by atoms with Crippen LogP contribution in [-0.4, -0.2) is 15.5 Å². The van der Waals surface area contributed by atoms with E-state index in [1.807, 2.05) is 57.2 Å². The summed E-state index contributed by atoms with van der Waals surface area (Å²) >= 11 is 3.27. The van der Waals surface area contributed by atoms with Gasteiger partial charge in [-0.15, -0.1) is 0 Å². The molecule has 26 heavy (non-hydrogen) atoms. The summed E-state index contributed by atoms with van der Waals surface area (Å²) in [5.41, 5.74) is 1.88. The Morgan fingerprint density at radius 3 is 2.35 bits per heavy atom. The largest absolute Gasteiger partial charge is 0.350 e. The highest BCUT2D eigenvalue weighted by atomic mass is 79.9. The van der Waals surface area contributed by atoms with E-state index in [2.05, 4.69) is 36.5 Å². The molecular formula is C20H20BrFN4. The van der Waals surface area contributed by atoms with Gasteiger partial charge in [-0.2, -0.15) is 4.98 Å². The van der Waals surface area contributed by atoms with Crippen molar-refractivity contribution in [1.29, 1.82) is 0 Å². The zero-order valence-electron chi connectivity index (χ0n) is 14.8. The summed E-state index contributed by atoms with van der Waals surface area (Å²) in [7, 11) is 0. The van der Waals surface area contributed by atoms with E-state index in [4.69, 9.17) is 0 Å². The van der Waals surface area contributed by atoms with Crippen molar-refractivity contribution in [3.8, 4) is 11.3 Å². The van der Waals surface area contributed by atoms with Crippen molar-refractivity contribution < 1.29 is 4.39 Å². The SMILES string of the molecule is CC(C)(C)Nc1nc(Nc2ccc(Br)cc2F)cc(-c2ccccc2)n1. The van der Waals surface area contributed by atoms with E-state index in [-0.39, 0.29) is 11.4 Å². The van der Waals surface area contributed by atoms with Crippen LogP contribution in [0.4, 0.5) is 21.8 Å². The second kappa shape index (κ2) is 7.41. The number of nitrogens with zero attached hydrogens (tertiary/aromatic N) is 2. The molecule has 0 bridgehead atoms. The van der Waals surface area contributed by atoms with Crippen LogP contribution >= 0.6 is 15.9 Å². The molecule has 0 amide bonds. The summed E-state index contributed by atoms with van der Waals surface area (Å²) in [5, 5.41) is 6.33. The zero-order valence-corrected chi connectivity index (χ0v) is 16.4. The monoisotopic (exact) mass is 414 g/mol. The Labute approximate surface area is 161 Å². The highest BCUT2D eigenvalue weighted by Gasteiger charge is 2.14. The number of aromatic nitrogens is 2. The van der Waals surface area contributed by atoms with E-state index in [1.165, 1.54) is 6.07 Å². The van der Waals surface area contributed by atoms with Gasteiger partial charge < -0.3 is 10.6 Å². The maximum Gasteiger partial charge on any atom is 0.225 e. The Hall–Kier alpha value is -2.47. The summed E-state index contributed by atoms with van der Waals surface area (Å²) in [4.78, 5) is 9.10. The van der Waals surface area contributed by atoms with Crippen molar-refractivity contribution in [3.63, 3.8) is 0 Å². The third kappa shape index (κ3) is 4.79. The maximum atomic E-state index is 14.2. The quantitative estimate of drug-likeness (QED) is 0.549. The van der Waals surface area contributed by atoms with Crippen LogP contribution in [0.3, 0.4) is 0 Å². The van der Waals surface area contributed by atoms with Crippen molar-refractivity contribution in [2.45, 2.75) is 26.3 Å². The van der Waals surface area contributed by atoms with E-state index < -0.39 is 0 Å². The first-order valence-corrected chi connectivity index (χ1v) is 9.04. The molecule has 6 heteroatoms. The number of nitrogens with one attached hydrogen (secondary N) is 2. The first-order valence-electron chi connectivity index (χ1n) is 8.25. The van der Waals surface area contributed by atoms with Gasteiger partial charge in [0.2, 0.25) is 5.95 Å². The van der Waals surface area contributed by atoms with Gasteiger partial charge in [-0.25, -0.2) is 9.37 Å². The van der Waals surface area contributed by atoms with Gasteiger partial charge in [-0.1, -0.05) is 46.3 Å². The topological polar surface area (TPSA) is 49.8 Å². The second-order valence-electron chi connectivity index (χ2n) is 6.95. The molecule has 0 fully saturated rings. The van der Waals surface area contributed by atoms with Gasteiger partial charge in [0.25, 0.3) is 0 Å². The Morgan fingerprint density at radius 1 is 0.962 bits per heavy atom. The fourth-order valence-corrected chi connectivity index (χ4v) is 2.72. The summed E-state index contributed by atoms with van der Waals surface area (Å²) in [6.45, 7) is 6.10. The van der Waals surface area contributed by atoms with Gasteiger partial charge in [0, 0.05) is 21.6 Å². The number of halogens is 2. The molecule has 3 rings (SSSR count). The minimum absolute atomic E-state index is 0.199. The fourth-order valence-electron chi connectivity index (χ4n) is 2.39. The van der Waals surface area contributed by atoms with Crippen LogP contribution in [0.1, 0.15) is 20.8 Å². The van der Waals surface area contributed by atoms with Crippen molar-refractivity contribution >= 4 is 33.4 Å². The lowest BCUT2D eigenvalue weighted by Gasteiger charge is -2.21. The molecule has 0 spiro atoms. The molecule has 3 aromatic rings. The molecule has 2 N–H and O–H groups in total. The third-order valence-corrected chi connectivity index (χ3v) is 3.97. The molecule has 0 saturated heterocycles. The summed E-state index contributed by atoms with van der Waals surface area (Å²) in [5.74, 6) is 0.648. The average Bonchev–Trinajstić information content (AvgIpc) is 2.56. The van der Waals surface area contributed by atoms with Crippen LogP contribution in [-0.2, 0) is 0 Å². The molecule has 0 aliphatic rings. The number of anilines is 3. The lowest BCUT2D eigenvalue weighted by atomic mass is 10.1. The molecule has 1 heterocycles. The van der Waals surface area contributed by atoms with Crippen LogP contribution < -0.4 is 10.6 Å². The number of hydrogen-bond acceptors (Lipinski definition) is 4. The molecular weight excluding hydrogens is 395 g/mol. The van der Waals surface area contributed by atoms with Gasteiger partial charge in [0.05, 0.1) is 11.4 Å². The minimum Gasteiger partial charge on any atom is -0.350 e. The van der Waals surface area contributed by atoms with E-state index in [1.54, 1.807) is 12.1 Å². The van der Waals surface area contributed by atoms with Crippen molar-refractivity contribution in [1.82, 2.24) is 9.97 Å². The third-order valence-electron chi connectivity index (χ3n) is 3.48. The second-order valence-corrected chi connectivity index (χ2v) is 7.87. The predicted molar refractivity (Wildman–Crippen MR) is 108 cm³/mol. The summed E-state index contributed by atoms with van der Waals surface area (Å²) in [6.07, 6.45) is 0. The molecule has 0 aliphatic carbocycles. The predicted octanol–water partition coefficient (Wildman–Crippen LogP) is 6.00. The van der Waals surface area contributed by atoms with Gasteiger partial charge in [0.15, 0.2) is 0 Å². The lowest BCUT2D eigenvalue weighted by molar-refractivity contribution is 0.625. The molecule has 134 valence electrons. The summed E-state index contributed by atoms with van der Waals surface area (Å²) in [6, 6.07) is 16.5. The first kappa shape index (κ1) is 18.3. The van der Waals surface area contributed by atoms with Crippen LogP contribution in [0.2, 0.25) is 0 Å². The maximum absolute atomic E-state index is 14.2. The van der Waals surface area contributed by atoms with Crippen LogP contribution in [0, 0.1) is 5.82 Å². The molecule has 4 nitrogen and oxygen atoms in total. The van der Waals surface area contributed by atoms with E-state index in [9.17, 15) is 4.39 Å². The minimum atomic E-state index is -0.357. The molecule has 0 saturated carbocycles. The molecule has 0 atom stereocenters. The Bertz CT molecular complexity index is 907. The Kier molecular flexibility index (Phi) is 5.23. The van der Waals surface area contributed by atoms with Gasteiger partial charge >= 0.3 is 0 Å². The molecule has 2 aromatic carbocycles. The highest BCUT2D eigenvalue weighted by molar-refractivity contribution is 9.10. The van der Waals surface area contributed by atoms with Gasteiger partial charge in [-0.05, 0) is 39.0 Å². The Morgan fingerprint density at radius 2 is 1.69 bits per heavy atom. The smallest absolute Gasteiger partial charge is 0.225 e. The fraction of sp³-hybridized carbons (Fsp3) is 0.200. The molecule has 1 aromatic heterocycles. The van der Waals surface area contributed by atoms with E-state index in [0.717, 1.165) is 11.3 Å². The van der Waals surface area contributed by atoms with Crippen molar-refractivity contribution in [2.75, 3.05) is 10.6 Å². The Balaban J connectivity index is 2.01. The van der Waals surface area contributed by atoms with Crippen molar-refractivity contribution in [2.24, 2.45) is 0 Å². The highest BCUT2D eigenvalue weighted by Crippen LogP contribution is 2.26. The number of rotatable bonds is 4. The molecule has 0 unspecified atom stereocenters. The van der Waals surface area contributed by atoms with E-state index >= 15 is 0 Å². The summed E-state index contributed by atoms with van der Waals surface area (Å²) < 4.78 is 14.9. The number of hydrogen-bond donors (Lipinski definition) is 2. The van der Waals surface area contributed by atoms with Crippen LogP contribution in [0.25, 0.3) is 11.3 Å². The van der Waals surface area contributed by atoms with Crippen LogP contribution in [0.5, 0.6) is 0 Å². The zero-order chi connectivity index (χ0) is 18.7. The average molecular weight is 415 g/mol. The van der Waals surface area contributed by atoms with E-state index in [0.29, 0.717) is 21.9 Å². The molecule has 0 aliphatic heterocycles. The normalized spacial score (nSPS) is 11.3. The first-order chi connectivity index (χ1) is 12.3. The van der Waals surface area contributed by atoms with Crippen LogP contribution in [0.15, 0.2) is 59.1 Å². The van der Waals surface area contributed by atoms with Gasteiger partial charge in [-0.3, -0.25) is 0 Å². The standard InChI is InChI=1S/C20H20BrFN4/c1-20(2,3)26-19-24-17(13-7-5-4-6-8-13)12-18(25-19)23-16-10-9-14(21)11-15(16)22/h4-12H,1-3H3,(H2,23,24,25,26). The van der Waals surface area contributed by atoms with Crippen molar-refractivity contribution in [3.05, 3.63) is 64.9 Å².